The van der Waals surface area contributed by atoms with E-state index in [4.69, 9.17) is 13.6 Å². The van der Waals surface area contributed by atoms with Crippen molar-refractivity contribution in [1.29, 1.82) is 0 Å². The van der Waals surface area contributed by atoms with Crippen molar-refractivity contribution in [2.45, 2.75) is 6.42 Å². The second-order valence-corrected chi connectivity index (χ2v) is 5.28. The van der Waals surface area contributed by atoms with E-state index in [-0.39, 0.29) is 17.9 Å². The van der Waals surface area contributed by atoms with Crippen molar-refractivity contribution < 1.29 is 23.2 Å². The van der Waals surface area contributed by atoms with E-state index in [1.165, 1.54) is 18.6 Å². The first kappa shape index (κ1) is 17.2. The number of carbonyl (C=O) groups is 2. The molecule has 2 amide bonds. The van der Waals surface area contributed by atoms with Gasteiger partial charge in [-0.1, -0.05) is 0 Å². The summed E-state index contributed by atoms with van der Waals surface area (Å²) in [5, 5.41) is 2.71. The van der Waals surface area contributed by atoms with Crippen molar-refractivity contribution >= 4 is 23.2 Å². The molecule has 3 rings (SSSR count). The van der Waals surface area contributed by atoms with E-state index in [9.17, 15) is 9.59 Å². The third-order valence-corrected chi connectivity index (χ3v) is 3.50. The van der Waals surface area contributed by atoms with Gasteiger partial charge in [0.05, 0.1) is 26.1 Å². The third-order valence-electron chi connectivity index (χ3n) is 3.50. The Hall–Kier alpha value is -3.61. The predicted octanol–water partition coefficient (Wildman–Crippen LogP) is 3.34. The number of amides is 2. The minimum atomic E-state index is -0.638. The third kappa shape index (κ3) is 4.27. The maximum absolute atomic E-state index is 12.6. The normalized spacial score (nSPS) is 11.2. The van der Waals surface area contributed by atoms with Crippen LogP contribution in [0.1, 0.15) is 16.3 Å². The molecule has 0 atom stereocenters. The minimum Gasteiger partial charge on any atom is -0.497 e. The molecule has 0 aliphatic heterocycles. The Balaban J connectivity index is 1.81. The molecule has 2 heterocycles. The Morgan fingerprint density at radius 3 is 2.38 bits per heavy atom. The average Bonchev–Trinajstić information content (AvgIpc) is 3.35. The molecule has 0 fully saturated rings. The maximum atomic E-state index is 12.6. The Morgan fingerprint density at radius 1 is 1.04 bits per heavy atom. The first-order valence-electron chi connectivity index (χ1n) is 7.79. The molecule has 0 bridgehead atoms. The molecule has 0 radical (unpaired) electrons. The van der Waals surface area contributed by atoms with Crippen LogP contribution in [-0.2, 0) is 11.2 Å². The lowest BCUT2D eigenvalue weighted by molar-refractivity contribution is -0.110. The van der Waals surface area contributed by atoms with Gasteiger partial charge in [0.15, 0.2) is 5.76 Å². The molecule has 7 heteroatoms. The van der Waals surface area contributed by atoms with Crippen LogP contribution in [0.4, 0.5) is 5.69 Å². The summed E-state index contributed by atoms with van der Waals surface area (Å²) in [4.78, 5) is 28.7. The highest BCUT2D eigenvalue weighted by molar-refractivity contribution is 6.45. The Labute approximate surface area is 149 Å². The van der Waals surface area contributed by atoms with Gasteiger partial charge >= 0.3 is 5.91 Å². The number of rotatable bonds is 6. The molecule has 0 aliphatic rings. The minimum absolute atomic E-state index is 0.0113. The molecule has 7 nitrogen and oxygen atoms in total. The molecule has 26 heavy (non-hydrogen) atoms. The van der Waals surface area contributed by atoms with Crippen molar-refractivity contribution in [3.8, 4) is 5.75 Å². The largest absolute Gasteiger partial charge is 0.497 e. The smallest absolute Gasteiger partial charge is 0.313 e. The van der Waals surface area contributed by atoms with Crippen LogP contribution in [0.15, 0.2) is 74.9 Å². The highest BCUT2D eigenvalue weighted by atomic mass is 16.5. The molecule has 1 aromatic carbocycles. The number of nitrogens with one attached hydrogen (secondary N) is 1. The topological polar surface area (TPSA) is 94.0 Å². The maximum Gasteiger partial charge on any atom is 0.313 e. The second kappa shape index (κ2) is 7.98. The molecule has 0 spiro atoms. The standard InChI is InChI=1S/C19H16N2O5/c1-24-14-8-6-13(7-9-14)20-18(22)16(12-15-4-2-10-25-15)21-19(23)17-5-3-11-26-17/h2-11H,12H2,1H3,(H,20,22). The SMILES string of the molecule is COc1ccc(NC(=O)C(Cc2ccco2)=NC(=O)c2ccco2)cc1. The number of carbonyl (C=O) groups excluding carboxylic acids is 2. The summed E-state index contributed by atoms with van der Waals surface area (Å²) < 4.78 is 15.4. The molecule has 3 aromatic rings. The number of nitrogens with zero attached hydrogens (tertiary/aromatic N) is 1. The number of methoxy groups -OCH3 is 1. The van der Waals surface area contributed by atoms with Crippen LogP contribution in [0.2, 0.25) is 0 Å². The lowest BCUT2D eigenvalue weighted by Crippen LogP contribution is -2.26. The van der Waals surface area contributed by atoms with Gasteiger partial charge < -0.3 is 18.9 Å². The summed E-state index contributed by atoms with van der Waals surface area (Å²) in [5.74, 6) is 0.0912. The Kier molecular flexibility index (Phi) is 5.28. The van der Waals surface area contributed by atoms with E-state index in [0.29, 0.717) is 17.2 Å². The molecule has 0 aliphatic carbocycles. The molecule has 0 unspecified atom stereocenters. The van der Waals surface area contributed by atoms with Crippen LogP contribution < -0.4 is 10.1 Å². The van der Waals surface area contributed by atoms with Gasteiger partial charge in [-0.3, -0.25) is 9.59 Å². The lowest BCUT2D eigenvalue weighted by atomic mass is 10.2. The second-order valence-electron chi connectivity index (χ2n) is 5.28. The van der Waals surface area contributed by atoms with Crippen molar-refractivity contribution in [2.24, 2.45) is 4.99 Å². The van der Waals surface area contributed by atoms with Crippen LogP contribution in [0.3, 0.4) is 0 Å². The number of hydrogen-bond acceptors (Lipinski definition) is 5. The summed E-state index contributed by atoms with van der Waals surface area (Å²) in [6.07, 6.45) is 2.93. The number of aliphatic imine (C=N–C) groups is 1. The first-order chi connectivity index (χ1) is 12.7. The lowest BCUT2D eigenvalue weighted by Gasteiger charge is -2.08. The average molecular weight is 352 g/mol. The molecular weight excluding hydrogens is 336 g/mol. The highest BCUT2D eigenvalue weighted by Gasteiger charge is 2.18. The predicted molar refractivity (Wildman–Crippen MR) is 94.5 cm³/mol. The van der Waals surface area contributed by atoms with Crippen LogP contribution in [-0.4, -0.2) is 24.6 Å². The molecule has 1 N–H and O–H groups in total. The fourth-order valence-electron chi connectivity index (χ4n) is 2.20. The number of benzene rings is 1. The van der Waals surface area contributed by atoms with E-state index in [0.717, 1.165) is 0 Å². The van der Waals surface area contributed by atoms with Crippen molar-refractivity contribution in [3.63, 3.8) is 0 Å². The van der Waals surface area contributed by atoms with Gasteiger partial charge in [-0.2, -0.15) is 0 Å². The fraction of sp³-hybridized carbons (Fsp3) is 0.105. The van der Waals surface area contributed by atoms with E-state index in [1.54, 1.807) is 49.6 Å². The van der Waals surface area contributed by atoms with Gasteiger partial charge in [0.25, 0.3) is 5.91 Å². The van der Waals surface area contributed by atoms with Gasteiger partial charge in [0.2, 0.25) is 0 Å². The number of hydrogen-bond donors (Lipinski definition) is 1. The van der Waals surface area contributed by atoms with Gasteiger partial charge in [0.1, 0.15) is 17.2 Å². The zero-order chi connectivity index (χ0) is 18.4. The number of ether oxygens (including phenoxy) is 1. The zero-order valence-corrected chi connectivity index (χ0v) is 14.0. The van der Waals surface area contributed by atoms with E-state index >= 15 is 0 Å². The van der Waals surface area contributed by atoms with Gasteiger partial charge in [-0.05, 0) is 48.5 Å². The zero-order valence-electron chi connectivity index (χ0n) is 14.0. The van der Waals surface area contributed by atoms with E-state index in [1.807, 2.05) is 0 Å². The first-order valence-corrected chi connectivity index (χ1v) is 7.79. The van der Waals surface area contributed by atoms with Gasteiger partial charge in [0, 0.05) is 5.69 Å². The Morgan fingerprint density at radius 2 is 1.77 bits per heavy atom. The fourth-order valence-corrected chi connectivity index (χ4v) is 2.20. The summed E-state index contributed by atoms with van der Waals surface area (Å²) in [7, 11) is 1.56. The van der Waals surface area contributed by atoms with Crippen molar-refractivity contribution in [2.75, 3.05) is 12.4 Å². The number of anilines is 1. The van der Waals surface area contributed by atoms with Crippen LogP contribution in [0, 0.1) is 0 Å². The molecule has 0 saturated carbocycles. The van der Waals surface area contributed by atoms with Crippen molar-refractivity contribution in [1.82, 2.24) is 0 Å². The van der Waals surface area contributed by atoms with Crippen LogP contribution >= 0.6 is 0 Å². The van der Waals surface area contributed by atoms with E-state index in [2.05, 4.69) is 10.3 Å². The number of furan rings is 2. The summed E-state index contributed by atoms with van der Waals surface area (Å²) in [6.45, 7) is 0. The highest BCUT2D eigenvalue weighted by Crippen LogP contribution is 2.15. The monoisotopic (exact) mass is 352 g/mol. The van der Waals surface area contributed by atoms with Crippen LogP contribution in [0.5, 0.6) is 5.75 Å². The quantitative estimate of drug-likeness (QED) is 0.687. The molecular formula is C19H16N2O5. The molecule has 2 aromatic heterocycles. The summed E-state index contributed by atoms with van der Waals surface area (Å²) >= 11 is 0. The summed E-state index contributed by atoms with van der Waals surface area (Å²) in [6, 6.07) is 13.3. The van der Waals surface area contributed by atoms with E-state index < -0.39 is 11.8 Å². The molecule has 0 saturated heterocycles. The summed E-state index contributed by atoms with van der Waals surface area (Å²) in [5.41, 5.74) is 0.561. The molecule has 132 valence electrons. The van der Waals surface area contributed by atoms with Crippen LogP contribution in [0.25, 0.3) is 0 Å². The van der Waals surface area contributed by atoms with Gasteiger partial charge in [-0.15, -0.1) is 0 Å². The van der Waals surface area contributed by atoms with Crippen molar-refractivity contribution in [3.05, 3.63) is 72.6 Å². The Bertz CT molecular complexity index is 894. The van der Waals surface area contributed by atoms with Gasteiger partial charge in [-0.25, -0.2) is 4.99 Å².